The Bertz CT molecular complexity index is 1400. The maximum atomic E-state index is 13.4. The van der Waals surface area contributed by atoms with Crippen LogP contribution in [0.4, 0.5) is 11.4 Å². The van der Waals surface area contributed by atoms with Gasteiger partial charge in [0.25, 0.3) is 11.7 Å². The average Bonchev–Trinajstić information content (AvgIpc) is 3.45. The molecule has 1 amide bonds. The number of ketones is 1. The first-order valence-corrected chi connectivity index (χ1v) is 11.5. The van der Waals surface area contributed by atoms with Crippen LogP contribution in [0.15, 0.2) is 66.2 Å². The van der Waals surface area contributed by atoms with E-state index in [9.17, 15) is 14.7 Å². The van der Waals surface area contributed by atoms with Gasteiger partial charge in [0.2, 0.25) is 6.79 Å². The van der Waals surface area contributed by atoms with Crippen LogP contribution in [0.25, 0.3) is 5.76 Å². The summed E-state index contributed by atoms with van der Waals surface area (Å²) >= 11 is 6.19. The molecule has 2 aliphatic heterocycles. The maximum absolute atomic E-state index is 13.4. The summed E-state index contributed by atoms with van der Waals surface area (Å²) in [4.78, 5) is 30.2. The van der Waals surface area contributed by atoms with Gasteiger partial charge >= 0.3 is 0 Å². The minimum atomic E-state index is -0.912. The van der Waals surface area contributed by atoms with Crippen molar-refractivity contribution in [3.8, 4) is 17.2 Å². The van der Waals surface area contributed by atoms with Crippen molar-refractivity contribution >= 4 is 40.4 Å². The molecular weight excluding hydrogens is 484 g/mol. The number of amides is 1. The number of carbonyl (C=O) groups is 2. The van der Waals surface area contributed by atoms with Gasteiger partial charge < -0.3 is 24.2 Å². The molecule has 1 unspecified atom stereocenters. The van der Waals surface area contributed by atoms with Gasteiger partial charge in [-0.2, -0.15) is 0 Å². The molecule has 8 nitrogen and oxygen atoms in total. The summed E-state index contributed by atoms with van der Waals surface area (Å²) in [6, 6.07) is 16.2. The molecule has 0 bridgehead atoms. The van der Waals surface area contributed by atoms with Gasteiger partial charge in [0, 0.05) is 36.6 Å². The molecule has 2 aliphatic rings. The number of halogens is 1. The lowest BCUT2D eigenvalue weighted by Crippen LogP contribution is -2.29. The maximum Gasteiger partial charge on any atom is 0.300 e. The van der Waals surface area contributed by atoms with Crippen LogP contribution in [-0.2, 0) is 9.59 Å². The van der Waals surface area contributed by atoms with Crippen LogP contribution in [0.2, 0.25) is 5.02 Å². The van der Waals surface area contributed by atoms with E-state index >= 15 is 0 Å². The number of methoxy groups -OCH3 is 1. The van der Waals surface area contributed by atoms with E-state index in [1.807, 2.05) is 43.3 Å². The molecule has 184 valence electrons. The summed E-state index contributed by atoms with van der Waals surface area (Å²) in [5, 5.41) is 11.8. The highest BCUT2D eigenvalue weighted by molar-refractivity contribution is 6.51. The largest absolute Gasteiger partial charge is 0.507 e. The zero-order chi connectivity index (χ0) is 25.6. The van der Waals surface area contributed by atoms with E-state index in [0.29, 0.717) is 33.5 Å². The normalized spacial score (nSPS) is 18.0. The van der Waals surface area contributed by atoms with Crippen molar-refractivity contribution in [1.29, 1.82) is 0 Å². The smallest absolute Gasteiger partial charge is 0.300 e. The Morgan fingerprint density at radius 1 is 1.03 bits per heavy atom. The number of anilines is 2. The summed E-state index contributed by atoms with van der Waals surface area (Å²) in [6.45, 7) is 0.0710. The third-order valence-corrected chi connectivity index (χ3v) is 6.46. The molecule has 0 aliphatic carbocycles. The number of rotatable bonds is 5. The van der Waals surface area contributed by atoms with Crippen molar-refractivity contribution in [2.75, 3.05) is 37.8 Å². The molecule has 1 saturated heterocycles. The van der Waals surface area contributed by atoms with Crippen molar-refractivity contribution in [2.24, 2.45) is 0 Å². The van der Waals surface area contributed by atoms with Crippen molar-refractivity contribution in [1.82, 2.24) is 0 Å². The number of nitrogens with zero attached hydrogens (tertiary/aromatic N) is 2. The number of aliphatic hydroxyl groups excluding tert-OH is 1. The zero-order valence-electron chi connectivity index (χ0n) is 19.8. The van der Waals surface area contributed by atoms with Gasteiger partial charge in [-0.05, 0) is 48.0 Å². The number of carbonyl (C=O) groups excluding carboxylic acids is 2. The lowest BCUT2D eigenvalue weighted by Gasteiger charge is -2.26. The number of hydrogen-bond acceptors (Lipinski definition) is 7. The Labute approximate surface area is 212 Å². The molecule has 1 N–H and O–H groups in total. The van der Waals surface area contributed by atoms with Crippen molar-refractivity contribution in [3.63, 3.8) is 0 Å². The summed E-state index contributed by atoms with van der Waals surface area (Å²) in [5.41, 5.74) is 2.15. The van der Waals surface area contributed by atoms with Crippen LogP contribution < -0.4 is 24.0 Å². The molecule has 3 aromatic rings. The Morgan fingerprint density at radius 3 is 2.44 bits per heavy atom. The van der Waals surface area contributed by atoms with Crippen LogP contribution in [0.1, 0.15) is 17.2 Å². The molecule has 9 heteroatoms. The van der Waals surface area contributed by atoms with E-state index in [0.717, 1.165) is 5.69 Å². The van der Waals surface area contributed by atoms with E-state index in [1.54, 1.807) is 30.3 Å². The molecule has 0 saturated carbocycles. The minimum absolute atomic E-state index is 0.0710. The number of hydrogen-bond donors (Lipinski definition) is 1. The standard InChI is InChI=1S/C27H23ClN2O6/c1-29(2)17-7-4-15(5-8-17)24-23(25(31)19-12-16(28)6-10-20(19)34-3)26(32)27(33)30(24)18-9-11-21-22(13-18)36-14-35-21/h4-13,24,31H,14H2,1-3H3/b25-23+. The fraction of sp³-hybridized carbons (Fsp3) is 0.185. The molecular formula is C27H23ClN2O6. The first-order chi connectivity index (χ1) is 17.3. The SMILES string of the molecule is COc1ccc(Cl)cc1/C(O)=C1\C(=O)C(=O)N(c2ccc3c(c2)OCO3)C1c1ccc(N(C)C)cc1. The van der Waals surface area contributed by atoms with Gasteiger partial charge in [-0.15, -0.1) is 0 Å². The third kappa shape index (κ3) is 3.89. The van der Waals surface area contributed by atoms with E-state index in [-0.39, 0.29) is 23.7 Å². The molecule has 0 radical (unpaired) electrons. The van der Waals surface area contributed by atoms with Gasteiger partial charge in [0.1, 0.15) is 11.5 Å². The lowest BCUT2D eigenvalue weighted by atomic mass is 9.94. The fourth-order valence-corrected chi connectivity index (χ4v) is 4.59. The van der Waals surface area contributed by atoms with E-state index in [4.69, 9.17) is 25.8 Å². The average molecular weight is 507 g/mol. The summed E-state index contributed by atoms with van der Waals surface area (Å²) in [5.74, 6) is -0.656. The highest BCUT2D eigenvalue weighted by atomic mass is 35.5. The van der Waals surface area contributed by atoms with Crippen LogP contribution in [-0.4, -0.2) is 44.8 Å². The first kappa shape index (κ1) is 23.6. The van der Waals surface area contributed by atoms with E-state index in [2.05, 4.69) is 0 Å². The highest BCUT2D eigenvalue weighted by Crippen LogP contribution is 2.46. The predicted molar refractivity (Wildman–Crippen MR) is 136 cm³/mol. The number of ether oxygens (including phenoxy) is 3. The Balaban J connectivity index is 1.72. The van der Waals surface area contributed by atoms with Crippen LogP contribution >= 0.6 is 11.6 Å². The first-order valence-electron chi connectivity index (χ1n) is 11.1. The number of benzene rings is 3. The predicted octanol–water partition coefficient (Wildman–Crippen LogP) is 4.77. The molecule has 2 heterocycles. The van der Waals surface area contributed by atoms with Crippen LogP contribution in [0.5, 0.6) is 17.2 Å². The quantitative estimate of drug-likeness (QED) is 0.303. The second kappa shape index (κ2) is 9.13. The highest BCUT2D eigenvalue weighted by Gasteiger charge is 2.47. The summed E-state index contributed by atoms with van der Waals surface area (Å²) < 4.78 is 16.3. The lowest BCUT2D eigenvalue weighted by molar-refractivity contribution is -0.132. The zero-order valence-corrected chi connectivity index (χ0v) is 20.6. The third-order valence-electron chi connectivity index (χ3n) is 6.22. The van der Waals surface area contributed by atoms with Gasteiger partial charge in [-0.1, -0.05) is 23.7 Å². The molecule has 1 fully saturated rings. The summed E-state index contributed by atoms with van der Waals surface area (Å²) in [7, 11) is 5.28. The van der Waals surface area contributed by atoms with Gasteiger partial charge in [-0.25, -0.2) is 0 Å². The van der Waals surface area contributed by atoms with Crippen molar-refractivity contribution in [2.45, 2.75) is 6.04 Å². The molecule has 1 atom stereocenters. The minimum Gasteiger partial charge on any atom is -0.507 e. The van der Waals surface area contributed by atoms with Gasteiger partial charge in [-0.3, -0.25) is 14.5 Å². The van der Waals surface area contributed by atoms with Gasteiger partial charge in [0.05, 0.1) is 24.3 Å². The fourth-order valence-electron chi connectivity index (χ4n) is 4.41. The van der Waals surface area contributed by atoms with E-state index in [1.165, 1.54) is 18.1 Å². The molecule has 36 heavy (non-hydrogen) atoms. The Morgan fingerprint density at radius 2 is 1.75 bits per heavy atom. The van der Waals surface area contributed by atoms with E-state index < -0.39 is 17.7 Å². The molecule has 3 aromatic carbocycles. The monoisotopic (exact) mass is 506 g/mol. The van der Waals surface area contributed by atoms with Crippen LogP contribution in [0, 0.1) is 0 Å². The number of fused-ring (bicyclic) bond motifs is 1. The topological polar surface area (TPSA) is 88.5 Å². The number of Topliss-reactive ketones (excluding diaryl/α,β-unsaturated/α-hetero) is 1. The van der Waals surface area contributed by atoms with Crippen LogP contribution in [0.3, 0.4) is 0 Å². The Hall–Kier alpha value is -4.17. The Kier molecular flexibility index (Phi) is 5.97. The van der Waals surface area contributed by atoms with Gasteiger partial charge in [0.15, 0.2) is 11.5 Å². The molecule has 0 spiro atoms. The summed E-state index contributed by atoms with van der Waals surface area (Å²) in [6.07, 6.45) is 0. The second-order valence-electron chi connectivity index (χ2n) is 8.54. The van der Waals surface area contributed by atoms with Crippen molar-refractivity contribution < 1.29 is 28.9 Å². The van der Waals surface area contributed by atoms with Crippen molar-refractivity contribution in [3.05, 3.63) is 82.4 Å². The molecule has 5 rings (SSSR count). The number of aliphatic hydroxyl groups is 1. The molecule has 0 aromatic heterocycles. The second-order valence-corrected chi connectivity index (χ2v) is 8.97.